The summed E-state index contributed by atoms with van der Waals surface area (Å²) in [6, 6.07) is 0.277. The van der Waals surface area contributed by atoms with E-state index in [0.29, 0.717) is 5.92 Å². The standard InChI is InChI=1S/C22H42N2O2/c1-5-6-7-11-18-12-10-15-24(16-18)17-19-13-8-9-14-20(19)23-21(25)26-22(2,3)4/h18-20H,5-17H2,1-4H3,(H,23,25)/t18-,19+,20-/m1/s1. The Hall–Kier alpha value is -0.770. The SMILES string of the molecule is CCCCC[C@@H]1CCCN(C[C@@H]2CCCC[C@H]2NC(=O)OC(C)(C)C)C1. The number of rotatable bonds is 7. The first-order valence-corrected chi connectivity index (χ1v) is 11.1. The Morgan fingerprint density at radius 3 is 2.62 bits per heavy atom. The molecule has 26 heavy (non-hydrogen) atoms. The highest BCUT2D eigenvalue weighted by atomic mass is 16.6. The molecule has 1 heterocycles. The van der Waals surface area contributed by atoms with Crippen molar-refractivity contribution in [1.29, 1.82) is 0 Å². The van der Waals surface area contributed by atoms with E-state index in [1.165, 1.54) is 70.9 Å². The lowest BCUT2D eigenvalue weighted by Gasteiger charge is -2.39. The van der Waals surface area contributed by atoms with Crippen LogP contribution >= 0.6 is 0 Å². The van der Waals surface area contributed by atoms with Crippen LogP contribution in [0.15, 0.2) is 0 Å². The molecule has 1 saturated heterocycles. The molecule has 1 N–H and O–H groups in total. The van der Waals surface area contributed by atoms with E-state index in [2.05, 4.69) is 17.1 Å². The number of likely N-dealkylation sites (tertiary alicyclic amines) is 1. The maximum absolute atomic E-state index is 12.2. The van der Waals surface area contributed by atoms with Crippen molar-refractivity contribution in [2.24, 2.45) is 11.8 Å². The summed E-state index contributed by atoms with van der Waals surface area (Å²) in [5.41, 5.74) is -0.424. The van der Waals surface area contributed by atoms with Gasteiger partial charge in [0.15, 0.2) is 0 Å². The van der Waals surface area contributed by atoms with Crippen molar-refractivity contribution in [3.63, 3.8) is 0 Å². The van der Waals surface area contributed by atoms with Gasteiger partial charge in [-0.3, -0.25) is 0 Å². The maximum atomic E-state index is 12.2. The third kappa shape index (κ3) is 7.85. The van der Waals surface area contributed by atoms with Crippen LogP contribution in [0.1, 0.15) is 91.9 Å². The largest absolute Gasteiger partial charge is 0.444 e. The highest BCUT2D eigenvalue weighted by Crippen LogP contribution is 2.28. The minimum atomic E-state index is -0.424. The molecule has 0 radical (unpaired) electrons. The molecule has 0 aromatic carbocycles. The number of carbonyl (C=O) groups is 1. The summed E-state index contributed by atoms with van der Waals surface area (Å²) >= 11 is 0. The maximum Gasteiger partial charge on any atom is 0.407 e. The van der Waals surface area contributed by atoms with Gasteiger partial charge in [0.1, 0.15) is 5.60 Å². The van der Waals surface area contributed by atoms with Crippen molar-refractivity contribution in [3.05, 3.63) is 0 Å². The summed E-state index contributed by atoms with van der Waals surface area (Å²) in [6.45, 7) is 11.7. The van der Waals surface area contributed by atoms with Gasteiger partial charge in [-0.25, -0.2) is 4.79 Å². The van der Waals surface area contributed by atoms with Gasteiger partial charge in [0.2, 0.25) is 0 Å². The van der Waals surface area contributed by atoms with Crippen LogP contribution in [0.3, 0.4) is 0 Å². The molecule has 0 spiro atoms. The lowest BCUT2D eigenvalue weighted by Crippen LogP contribution is -2.49. The quantitative estimate of drug-likeness (QED) is 0.617. The molecule has 152 valence electrons. The third-order valence-corrected chi connectivity index (χ3v) is 5.92. The van der Waals surface area contributed by atoms with E-state index in [-0.39, 0.29) is 12.1 Å². The molecule has 3 atom stereocenters. The van der Waals surface area contributed by atoms with Crippen LogP contribution in [0.5, 0.6) is 0 Å². The zero-order chi connectivity index (χ0) is 19.0. The van der Waals surface area contributed by atoms with E-state index in [1.807, 2.05) is 20.8 Å². The van der Waals surface area contributed by atoms with Crippen LogP contribution in [0.25, 0.3) is 0 Å². The first kappa shape index (κ1) is 21.5. The summed E-state index contributed by atoms with van der Waals surface area (Å²) in [6.07, 6.45) is 12.8. The van der Waals surface area contributed by atoms with Crippen molar-refractivity contribution in [2.75, 3.05) is 19.6 Å². The van der Waals surface area contributed by atoms with Crippen molar-refractivity contribution in [2.45, 2.75) is 104 Å². The van der Waals surface area contributed by atoms with Gasteiger partial charge >= 0.3 is 6.09 Å². The zero-order valence-corrected chi connectivity index (χ0v) is 17.7. The van der Waals surface area contributed by atoms with E-state index < -0.39 is 5.60 Å². The van der Waals surface area contributed by atoms with Crippen LogP contribution < -0.4 is 5.32 Å². The Morgan fingerprint density at radius 1 is 1.12 bits per heavy atom. The van der Waals surface area contributed by atoms with Gasteiger partial charge in [0.05, 0.1) is 0 Å². The fourth-order valence-electron chi connectivity index (χ4n) is 4.64. The Morgan fingerprint density at radius 2 is 1.88 bits per heavy atom. The topological polar surface area (TPSA) is 41.6 Å². The van der Waals surface area contributed by atoms with Crippen LogP contribution in [-0.4, -0.2) is 42.3 Å². The first-order chi connectivity index (χ1) is 12.4. The van der Waals surface area contributed by atoms with E-state index in [1.54, 1.807) is 0 Å². The Bertz CT molecular complexity index is 419. The number of amides is 1. The molecular weight excluding hydrogens is 324 g/mol. The smallest absolute Gasteiger partial charge is 0.407 e. The van der Waals surface area contributed by atoms with E-state index >= 15 is 0 Å². The molecular formula is C22H42N2O2. The molecule has 1 amide bonds. The monoisotopic (exact) mass is 366 g/mol. The normalized spacial score (nSPS) is 27.9. The number of piperidine rings is 1. The molecule has 2 aliphatic rings. The summed E-state index contributed by atoms with van der Waals surface area (Å²) in [5, 5.41) is 3.18. The van der Waals surface area contributed by atoms with Crippen molar-refractivity contribution < 1.29 is 9.53 Å². The summed E-state index contributed by atoms with van der Waals surface area (Å²) in [5.74, 6) is 1.46. The summed E-state index contributed by atoms with van der Waals surface area (Å²) in [7, 11) is 0. The average molecular weight is 367 g/mol. The number of ether oxygens (including phenoxy) is 1. The lowest BCUT2D eigenvalue weighted by molar-refractivity contribution is 0.0443. The van der Waals surface area contributed by atoms with Crippen LogP contribution in [0.2, 0.25) is 0 Å². The molecule has 1 saturated carbocycles. The Kier molecular flexibility index (Phi) is 8.72. The Balaban J connectivity index is 1.82. The number of unbranched alkanes of at least 4 members (excludes halogenated alkanes) is 2. The highest BCUT2D eigenvalue weighted by Gasteiger charge is 2.31. The number of hydrogen-bond donors (Lipinski definition) is 1. The third-order valence-electron chi connectivity index (χ3n) is 5.92. The number of hydrogen-bond acceptors (Lipinski definition) is 3. The minimum Gasteiger partial charge on any atom is -0.444 e. The molecule has 1 aliphatic heterocycles. The predicted octanol–water partition coefficient (Wildman–Crippen LogP) is 5.36. The minimum absolute atomic E-state index is 0.245. The van der Waals surface area contributed by atoms with Gasteiger partial charge in [0, 0.05) is 19.1 Å². The van der Waals surface area contributed by atoms with E-state index in [9.17, 15) is 4.79 Å². The second kappa shape index (κ2) is 10.5. The van der Waals surface area contributed by atoms with Gasteiger partial charge in [-0.1, -0.05) is 39.0 Å². The van der Waals surface area contributed by atoms with Gasteiger partial charge in [0.25, 0.3) is 0 Å². The molecule has 2 fully saturated rings. The molecule has 0 bridgehead atoms. The summed E-state index contributed by atoms with van der Waals surface area (Å²) < 4.78 is 5.49. The van der Waals surface area contributed by atoms with Crippen LogP contribution in [0.4, 0.5) is 4.79 Å². The number of alkyl carbamates (subject to hydrolysis) is 1. The molecule has 0 aromatic heterocycles. The van der Waals surface area contributed by atoms with E-state index in [0.717, 1.165) is 18.9 Å². The van der Waals surface area contributed by atoms with Gasteiger partial charge in [-0.05, 0) is 71.3 Å². The fourth-order valence-corrected chi connectivity index (χ4v) is 4.64. The fraction of sp³-hybridized carbons (Fsp3) is 0.955. The number of nitrogens with one attached hydrogen (secondary N) is 1. The molecule has 0 unspecified atom stereocenters. The van der Waals surface area contributed by atoms with Crippen molar-refractivity contribution in [3.8, 4) is 0 Å². The number of carbonyl (C=O) groups excluding carboxylic acids is 1. The molecule has 4 nitrogen and oxygen atoms in total. The average Bonchev–Trinajstić information content (AvgIpc) is 2.56. The van der Waals surface area contributed by atoms with Gasteiger partial charge in [-0.15, -0.1) is 0 Å². The summed E-state index contributed by atoms with van der Waals surface area (Å²) in [4.78, 5) is 14.9. The highest BCUT2D eigenvalue weighted by molar-refractivity contribution is 5.68. The number of nitrogens with zero attached hydrogens (tertiary/aromatic N) is 1. The van der Waals surface area contributed by atoms with Crippen molar-refractivity contribution in [1.82, 2.24) is 10.2 Å². The molecule has 2 rings (SSSR count). The second-order valence-corrected chi connectivity index (χ2v) is 9.56. The Labute approximate surface area is 161 Å². The first-order valence-electron chi connectivity index (χ1n) is 11.1. The van der Waals surface area contributed by atoms with E-state index in [4.69, 9.17) is 4.74 Å². The van der Waals surface area contributed by atoms with Gasteiger partial charge < -0.3 is 15.0 Å². The molecule has 1 aliphatic carbocycles. The van der Waals surface area contributed by atoms with Gasteiger partial charge in [-0.2, -0.15) is 0 Å². The van der Waals surface area contributed by atoms with Crippen molar-refractivity contribution >= 4 is 6.09 Å². The molecule has 0 aromatic rings. The van der Waals surface area contributed by atoms with Crippen LogP contribution in [-0.2, 0) is 4.74 Å². The predicted molar refractivity (Wildman–Crippen MR) is 108 cm³/mol. The second-order valence-electron chi connectivity index (χ2n) is 9.56. The lowest BCUT2D eigenvalue weighted by atomic mass is 9.83. The molecule has 4 heteroatoms. The zero-order valence-electron chi connectivity index (χ0n) is 17.7. The van der Waals surface area contributed by atoms with Crippen LogP contribution in [0, 0.1) is 11.8 Å².